The van der Waals surface area contributed by atoms with E-state index in [1.165, 1.54) is 29.6 Å². The minimum atomic E-state index is -0.467. The van der Waals surface area contributed by atoms with Crippen molar-refractivity contribution in [2.45, 2.75) is 20.8 Å². The van der Waals surface area contributed by atoms with E-state index < -0.39 is 17.1 Å². The zero-order valence-electron chi connectivity index (χ0n) is 23.7. The Morgan fingerprint density at radius 3 is 1.60 bits per heavy atom. The van der Waals surface area contributed by atoms with Crippen LogP contribution < -0.4 is 44.7 Å². The maximum Gasteiger partial charge on any atom is 0.325 e. The summed E-state index contributed by atoms with van der Waals surface area (Å²) in [5.74, 6) is 0.207. The van der Waals surface area contributed by atoms with Gasteiger partial charge in [-0.2, -0.15) is 4.98 Å². The number of carbonyl (C=O) groups is 1. The molecule has 0 aliphatic carbocycles. The predicted octanol–water partition coefficient (Wildman–Crippen LogP) is -1.75. The van der Waals surface area contributed by atoms with Gasteiger partial charge in [0.2, 0.25) is 5.95 Å². The number of rotatable bonds is 3. The maximum atomic E-state index is 11.7. The lowest BCUT2D eigenvalue weighted by atomic mass is 10.4. The number of aryl methyl sites for hydroxylation is 3. The Morgan fingerprint density at radius 1 is 0.689 bits per heavy atom. The average Bonchev–Trinajstić information content (AvgIpc) is 3.66. The third-order valence-corrected chi connectivity index (χ3v) is 5.44. The number of anilines is 1. The van der Waals surface area contributed by atoms with Crippen molar-refractivity contribution in [3.05, 3.63) is 138 Å². The van der Waals surface area contributed by atoms with E-state index >= 15 is 0 Å². The minimum absolute atomic E-state index is 0.207. The number of hydrogen-bond donors (Lipinski definition) is 9. The Hall–Kier alpha value is -6.86. The smallest absolute Gasteiger partial charge is 0.325 e. The first-order valence-electron chi connectivity index (χ1n) is 12.6. The molecular formula is C25H26N12O8. The van der Waals surface area contributed by atoms with Crippen LogP contribution in [0.25, 0.3) is 11.2 Å². The fourth-order valence-corrected chi connectivity index (χ4v) is 3.03. The number of aromatic amines is 8. The van der Waals surface area contributed by atoms with E-state index in [2.05, 4.69) is 55.3 Å². The molecule has 0 aliphatic heterocycles. The standard InChI is InChI=1S/C10H8N6O2.3C5H6N2O2/c17-4-6-2-1-3-16(6)15-10-13-8-7(9(18)14-10)11-5-12-8;3*1-3-2-6-5(9)7-4(3)8/h1-5H,(H3,11,12,13,14,15,18);3*2H,1H3,(H2,6,7,8,9). The van der Waals surface area contributed by atoms with Crippen LogP contribution in [0.15, 0.2) is 76.8 Å². The van der Waals surface area contributed by atoms with Gasteiger partial charge in [-0.15, -0.1) is 0 Å². The van der Waals surface area contributed by atoms with Gasteiger partial charge in [0, 0.05) is 41.5 Å². The number of hydrogen-bond acceptors (Lipinski definition) is 11. The first-order chi connectivity index (χ1) is 21.4. The molecule has 0 saturated heterocycles. The van der Waals surface area contributed by atoms with E-state index in [1.54, 1.807) is 39.1 Å². The van der Waals surface area contributed by atoms with Crippen molar-refractivity contribution in [3.63, 3.8) is 0 Å². The fourth-order valence-electron chi connectivity index (χ4n) is 3.03. The first-order valence-corrected chi connectivity index (χ1v) is 12.6. The Labute approximate surface area is 247 Å². The molecule has 0 radical (unpaired) electrons. The Balaban J connectivity index is 0.000000175. The Kier molecular flexibility index (Phi) is 10.8. The summed E-state index contributed by atoms with van der Waals surface area (Å²) in [6.45, 7) is 4.86. The van der Waals surface area contributed by atoms with Gasteiger partial charge >= 0.3 is 17.1 Å². The molecule has 6 aromatic heterocycles. The Bertz CT molecular complexity index is 2170. The van der Waals surface area contributed by atoms with Gasteiger partial charge in [-0.1, -0.05) is 0 Å². The molecule has 0 atom stereocenters. The monoisotopic (exact) mass is 622 g/mol. The molecule has 9 N–H and O–H groups in total. The average molecular weight is 623 g/mol. The summed E-state index contributed by atoms with van der Waals surface area (Å²) in [6, 6.07) is 3.33. The van der Waals surface area contributed by atoms with Crippen LogP contribution in [0.2, 0.25) is 0 Å². The second-order valence-corrected chi connectivity index (χ2v) is 8.81. The molecule has 6 rings (SSSR count). The van der Waals surface area contributed by atoms with Gasteiger partial charge in [-0.3, -0.25) is 54.0 Å². The molecule has 6 heterocycles. The molecule has 234 valence electrons. The normalized spacial score (nSPS) is 9.93. The van der Waals surface area contributed by atoms with E-state index in [4.69, 9.17) is 0 Å². The summed E-state index contributed by atoms with van der Waals surface area (Å²) in [7, 11) is 0. The number of nitrogens with zero attached hydrogens (tertiary/aromatic N) is 3. The van der Waals surface area contributed by atoms with E-state index in [-0.39, 0.29) is 28.2 Å². The summed E-state index contributed by atoms with van der Waals surface area (Å²) >= 11 is 0. The lowest BCUT2D eigenvalue weighted by Crippen LogP contribution is -2.22. The first kappa shape index (κ1) is 32.7. The molecule has 0 saturated carbocycles. The highest BCUT2D eigenvalue weighted by molar-refractivity contribution is 5.73. The van der Waals surface area contributed by atoms with E-state index in [0.29, 0.717) is 39.8 Å². The van der Waals surface area contributed by atoms with Crippen molar-refractivity contribution in [3.8, 4) is 0 Å². The number of imidazole rings is 1. The molecule has 0 aliphatic rings. The summed E-state index contributed by atoms with van der Waals surface area (Å²) in [4.78, 5) is 112. The van der Waals surface area contributed by atoms with Crippen molar-refractivity contribution < 1.29 is 4.79 Å². The quantitative estimate of drug-likeness (QED) is 0.0997. The number of aldehydes is 1. The van der Waals surface area contributed by atoms with Crippen molar-refractivity contribution in [2.24, 2.45) is 0 Å². The van der Waals surface area contributed by atoms with Gasteiger partial charge in [0.1, 0.15) is 5.69 Å². The molecule has 0 spiro atoms. The highest BCUT2D eigenvalue weighted by Gasteiger charge is 2.07. The number of nitrogens with one attached hydrogen (secondary N) is 9. The SMILES string of the molecule is Cc1c[nH]c(=O)[nH]c1=O.Cc1c[nH]c(=O)[nH]c1=O.Cc1c[nH]c(=O)[nH]c1=O.O=Cc1cccn1Nc1nc2nc[nH]c2c(=O)[nH]1. The van der Waals surface area contributed by atoms with Crippen LogP contribution in [-0.4, -0.2) is 60.8 Å². The highest BCUT2D eigenvalue weighted by atomic mass is 16.2. The number of H-pyrrole nitrogens is 8. The summed E-state index contributed by atoms with van der Waals surface area (Å²) in [6.07, 6.45) is 7.85. The third kappa shape index (κ3) is 9.32. The van der Waals surface area contributed by atoms with Gasteiger partial charge < -0.3 is 19.9 Å². The van der Waals surface area contributed by atoms with Crippen LogP contribution in [0.5, 0.6) is 0 Å². The van der Waals surface area contributed by atoms with Crippen LogP contribution in [0, 0.1) is 20.8 Å². The van der Waals surface area contributed by atoms with Gasteiger partial charge in [0.15, 0.2) is 17.5 Å². The predicted molar refractivity (Wildman–Crippen MR) is 161 cm³/mol. The number of aromatic nitrogens is 11. The second kappa shape index (κ2) is 14.9. The third-order valence-electron chi connectivity index (χ3n) is 5.44. The molecule has 6 aromatic rings. The molecule has 45 heavy (non-hydrogen) atoms. The van der Waals surface area contributed by atoms with Crippen molar-refractivity contribution in [2.75, 3.05) is 5.43 Å². The maximum absolute atomic E-state index is 11.7. The van der Waals surface area contributed by atoms with Crippen LogP contribution in [0.4, 0.5) is 5.95 Å². The highest BCUT2D eigenvalue weighted by Crippen LogP contribution is 2.05. The zero-order chi connectivity index (χ0) is 33.1. The zero-order valence-corrected chi connectivity index (χ0v) is 23.7. The second-order valence-electron chi connectivity index (χ2n) is 8.81. The Morgan fingerprint density at radius 2 is 1.18 bits per heavy atom. The van der Waals surface area contributed by atoms with Gasteiger partial charge in [-0.25, -0.2) is 19.4 Å². The van der Waals surface area contributed by atoms with Crippen LogP contribution in [-0.2, 0) is 0 Å². The topological polar surface area (TPSA) is 306 Å². The molecule has 20 heteroatoms. The molecular weight excluding hydrogens is 596 g/mol. The van der Waals surface area contributed by atoms with E-state index in [0.717, 1.165) is 0 Å². The number of carbonyl (C=O) groups excluding carboxylic acids is 1. The van der Waals surface area contributed by atoms with Gasteiger partial charge in [-0.05, 0) is 32.9 Å². The molecule has 0 unspecified atom stereocenters. The molecule has 20 nitrogen and oxygen atoms in total. The lowest BCUT2D eigenvalue weighted by molar-refractivity contribution is 0.111. The minimum Gasteiger partial charge on any atom is -0.339 e. The molecule has 0 amide bonds. The molecule has 0 aromatic carbocycles. The van der Waals surface area contributed by atoms with Crippen molar-refractivity contribution in [1.29, 1.82) is 0 Å². The van der Waals surface area contributed by atoms with Gasteiger partial charge in [0.05, 0.1) is 6.33 Å². The van der Waals surface area contributed by atoms with Crippen molar-refractivity contribution >= 4 is 23.4 Å². The van der Waals surface area contributed by atoms with Crippen LogP contribution in [0.1, 0.15) is 27.2 Å². The summed E-state index contributed by atoms with van der Waals surface area (Å²) in [5, 5.41) is 0. The molecule has 0 fully saturated rings. The van der Waals surface area contributed by atoms with E-state index in [9.17, 15) is 38.4 Å². The van der Waals surface area contributed by atoms with Crippen LogP contribution >= 0.6 is 0 Å². The van der Waals surface area contributed by atoms with E-state index in [1.807, 2.05) is 0 Å². The lowest BCUT2D eigenvalue weighted by Gasteiger charge is -2.07. The summed E-state index contributed by atoms with van der Waals surface area (Å²) < 4.78 is 1.45. The largest absolute Gasteiger partial charge is 0.339 e. The van der Waals surface area contributed by atoms with Gasteiger partial charge in [0.25, 0.3) is 22.2 Å². The fraction of sp³-hybridized carbons (Fsp3) is 0.120. The number of fused-ring (bicyclic) bond motifs is 1. The van der Waals surface area contributed by atoms with Crippen molar-refractivity contribution in [1.82, 2.24) is 54.5 Å². The molecule has 0 bridgehead atoms. The van der Waals surface area contributed by atoms with Crippen LogP contribution in [0.3, 0.4) is 0 Å². The summed E-state index contributed by atoms with van der Waals surface area (Å²) in [5.41, 5.74) is 2.61.